The molecule has 1 aliphatic heterocycles. The normalized spacial score (nSPS) is 13.2. The minimum Gasteiger partial charge on any atom is -0.494 e. The third-order valence-corrected chi connectivity index (χ3v) is 4.85. The molecule has 1 fully saturated rings. The molecule has 0 spiro atoms. The van der Waals surface area contributed by atoms with Crippen molar-refractivity contribution in [3.8, 4) is 17.2 Å². The number of carbonyl (C=O) groups excluding carboxylic acids is 3. The number of amides is 4. The van der Waals surface area contributed by atoms with Crippen molar-refractivity contribution in [1.82, 2.24) is 10.6 Å². The monoisotopic (exact) mass is 452 g/mol. The Bertz CT molecular complexity index is 961. The van der Waals surface area contributed by atoms with Gasteiger partial charge in [0.05, 0.1) is 6.61 Å². The van der Waals surface area contributed by atoms with Crippen LogP contribution in [0.5, 0.6) is 17.2 Å². The van der Waals surface area contributed by atoms with Gasteiger partial charge >= 0.3 is 6.03 Å². The van der Waals surface area contributed by atoms with Crippen LogP contribution in [0.4, 0.5) is 4.79 Å². The van der Waals surface area contributed by atoms with Crippen molar-refractivity contribution >= 4 is 23.9 Å². The minimum atomic E-state index is -0.824. The van der Waals surface area contributed by atoms with Gasteiger partial charge in [0.25, 0.3) is 11.8 Å². The Hall–Kier alpha value is -3.81. The zero-order chi connectivity index (χ0) is 23.5. The lowest BCUT2D eigenvalue weighted by atomic mass is 10.1. The van der Waals surface area contributed by atoms with E-state index in [1.54, 1.807) is 24.3 Å². The van der Waals surface area contributed by atoms with Crippen LogP contribution in [-0.2, 0) is 9.59 Å². The molecule has 0 unspecified atom stereocenters. The van der Waals surface area contributed by atoms with Gasteiger partial charge in [-0.3, -0.25) is 20.2 Å². The lowest BCUT2D eigenvalue weighted by Gasteiger charge is -2.14. The second kappa shape index (κ2) is 12.3. The van der Waals surface area contributed by atoms with E-state index in [9.17, 15) is 14.4 Å². The number of hydrogen-bond acceptors (Lipinski definition) is 6. The lowest BCUT2D eigenvalue weighted by molar-refractivity contribution is -0.123. The summed E-state index contributed by atoms with van der Waals surface area (Å²) in [6.45, 7) is 3.64. The van der Waals surface area contributed by atoms with Gasteiger partial charge in [-0.2, -0.15) is 0 Å². The van der Waals surface area contributed by atoms with Crippen LogP contribution in [0.3, 0.4) is 0 Å². The van der Waals surface area contributed by atoms with Crippen molar-refractivity contribution in [2.24, 2.45) is 0 Å². The van der Waals surface area contributed by atoms with Gasteiger partial charge in [0, 0.05) is 0 Å². The highest BCUT2D eigenvalue weighted by molar-refractivity contribution is 6.31. The first-order chi connectivity index (χ1) is 16.0. The summed E-state index contributed by atoms with van der Waals surface area (Å²) in [7, 11) is 0. The van der Waals surface area contributed by atoms with E-state index in [2.05, 4.69) is 6.92 Å². The van der Waals surface area contributed by atoms with E-state index in [4.69, 9.17) is 14.2 Å². The van der Waals surface area contributed by atoms with Gasteiger partial charge in [-0.25, -0.2) is 4.79 Å². The Morgan fingerprint density at radius 1 is 0.667 bits per heavy atom. The Balaban J connectivity index is 1.39. The molecule has 8 nitrogen and oxygen atoms in total. The molecule has 0 radical (unpaired) electrons. The lowest BCUT2D eigenvalue weighted by Crippen LogP contribution is -2.51. The number of imide groups is 2. The molecule has 33 heavy (non-hydrogen) atoms. The van der Waals surface area contributed by atoms with Crippen molar-refractivity contribution in [3.05, 3.63) is 59.7 Å². The molecule has 0 saturated carbocycles. The number of hydrogen-bond donors (Lipinski definition) is 2. The Labute approximate surface area is 192 Å². The zero-order valence-corrected chi connectivity index (χ0v) is 18.6. The molecule has 0 aromatic heterocycles. The number of barbiturate groups is 1. The van der Waals surface area contributed by atoms with E-state index in [1.165, 1.54) is 25.3 Å². The molecule has 1 heterocycles. The molecule has 3 rings (SSSR count). The summed E-state index contributed by atoms with van der Waals surface area (Å²) >= 11 is 0. The Morgan fingerprint density at radius 3 is 1.67 bits per heavy atom. The molecule has 174 valence electrons. The Kier molecular flexibility index (Phi) is 8.88. The van der Waals surface area contributed by atoms with E-state index in [-0.39, 0.29) is 5.57 Å². The highest BCUT2D eigenvalue weighted by Gasteiger charge is 2.27. The topological polar surface area (TPSA) is 103 Å². The zero-order valence-electron chi connectivity index (χ0n) is 18.6. The predicted molar refractivity (Wildman–Crippen MR) is 123 cm³/mol. The van der Waals surface area contributed by atoms with Crippen molar-refractivity contribution in [2.75, 3.05) is 19.8 Å². The van der Waals surface area contributed by atoms with Crippen LogP contribution in [-0.4, -0.2) is 37.7 Å². The first-order valence-electron chi connectivity index (χ1n) is 11.0. The summed E-state index contributed by atoms with van der Waals surface area (Å²) in [5.74, 6) is 0.738. The molecule has 4 amide bonds. The van der Waals surface area contributed by atoms with Crippen LogP contribution in [0.2, 0.25) is 0 Å². The highest BCUT2D eigenvalue weighted by Crippen LogP contribution is 2.19. The maximum atomic E-state index is 11.8. The molecule has 1 aliphatic rings. The summed E-state index contributed by atoms with van der Waals surface area (Å²) in [6, 6.07) is 13.6. The van der Waals surface area contributed by atoms with E-state index in [0.717, 1.165) is 24.5 Å². The summed E-state index contributed by atoms with van der Waals surface area (Å²) in [5, 5.41) is 4.07. The van der Waals surface area contributed by atoms with Gasteiger partial charge in [0.2, 0.25) is 0 Å². The van der Waals surface area contributed by atoms with Crippen LogP contribution in [0, 0.1) is 0 Å². The van der Waals surface area contributed by atoms with Gasteiger partial charge in [-0.15, -0.1) is 0 Å². The molecule has 2 aromatic carbocycles. The molecule has 2 aromatic rings. The quantitative estimate of drug-likeness (QED) is 0.288. The fourth-order valence-electron chi connectivity index (χ4n) is 3.10. The highest BCUT2D eigenvalue weighted by atomic mass is 16.5. The molecule has 0 atom stereocenters. The van der Waals surface area contributed by atoms with Crippen molar-refractivity contribution < 1.29 is 28.6 Å². The minimum absolute atomic E-state index is 0.135. The predicted octanol–water partition coefficient (Wildman–Crippen LogP) is 3.85. The molecule has 2 N–H and O–H groups in total. The number of benzene rings is 2. The average Bonchev–Trinajstić information content (AvgIpc) is 2.81. The fraction of sp³-hybridized carbons (Fsp3) is 0.320. The second-order valence-corrected chi connectivity index (χ2v) is 7.44. The van der Waals surface area contributed by atoms with E-state index in [0.29, 0.717) is 24.5 Å². The molecule has 8 heteroatoms. The van der Waals surface area contributed by atoms with Crippen LogP contribution in [0.25, 0.3) is 6.08 Å². The standard InChI is InChI=1S/C25H28N2O6/c1-2-3-4-5-14-31-20-10-12-21(13-11-20)33-16-15-32-19-8-6-18(7-9-19)17-22-23(28)26-25(30)27-24(22)29/h6-13,17H,2-5,14-16H2,1H3,(H2,26,27,28,29,30). The van der Waals surface area contributed by atoms with Crippen molar-refractivity contribution in [2.45, 2.75) is 32.6 Å². The third kappa shape index (κ3) is 7.68. The Morgan fingerprint density at radius 2 is 1.15 bits per heavy atom. The van der Waals surface area contributed by atoms with E-state index < -0.39 is 17.8 Å². The molecular formula is C25H28N2O6. The molecule has 0 bridgehead atoms. The second-order valence-electron chi connectivity index (χ2n) is 7.44. The maximum Gasteiger partial charge on any atom is 0.328 e. The smallest absolute Gasteiger partial charge is 0.328 e. The number of unbranched alkanes of at least 4 members (excludes halogenated alkanes) is 3. The molecule has 1 saturated heterocycles. The van der Waals surface area contributed by atoms with Crippen molar-refractivity contribution in [1.29, 1.82) is 0 Å². The van der Waals surface area contributed by atoms with Crippen molar-refractivity contribution in [3.63, 3.8) is 0 Å². The number of nitrogens with one attached hydrogen (secondary N) is 2. The van der Waals surface area contributed by atoms with Gasteiger partial charge in [0.1, 0.15) is 36.0 Å². The number of ether oxygens (including phenoxy) is 3. The van der Waals surface area contributed by atoms with E-state index in [1.807, 2.05) is 34.9 Å². The maximum absolute atomic E-state index is 11.8. The summed E-state index contributed by atoms with van der Waals surface area (Å²) < 4.78 is 17.1. The van der Waals surface area contributed by atoms with Gasteiger partial charge in [-0.05, 0) is 54.5 Å². The summed E-state index contributed by atoms with van der Waals surface area (Å²) in [4.78, 5) is 34.6. The number of urea groups is 1. The van der Waals surface area contributed by atoms with Crippen LogP contribution >= 0.6 is 0 Å². The van der Waals surface area contributed by atoms with Gasteiger partial charge in [0.15, 0.2) is 0 Å². The summed E-state index contributed by atoms with van der Waals surface area (Å²) in [5.41, 5.74) is 0.491. The largest absolute Gasteiger partial charge is 0.494 e. The van der Waals surface area contributed by atoms with Gasteiger partial charge < -0.3 is 14.2 Å². The first-order valence-corrected chi connectivity index (χ1v) is 11.0. The van der Waals surface area contributed by atoms with Crippen LogP contribution in [0.15, 0.2) is 54.1 Å². The summed E-state index contributed by atoms with van der Waals surface area (Å²) in [6.07, 6.45) is 6.11. The van der Waals surface area contributed by atoms with Gasteiger partial charge in [-0.1, -0.05) is 38.3 Å². The average molecular weight is 453 g/mol. The third-order valence-electron chi connectivity index (χ3n) is 4.85. The van der Waals surface area contributed by atoms with E-state index >= 15 is 0 Å². The fourth-order valence-corrected chi connectivity index (χ4v) is 3.10. The number of carbonyl (C=O) groups is 3. The molecular weight excluding hydrogens is 424 g/mol. The SMILES string of the molecule is CCCCCCOc1ccc(OCCOc2ccc(C=C3C(=O)NC(=O)NC3=O)cc2)cc1. The first kappa shape index (κ1) is 23.8. The van der Waals surface area contributed by atoms with Crippen LogP contribution in [0.1, 0.15) is 38.2 Å². The number of rotatable bonds is 12. The molecule has 0 aliphatic carbocycles. The van der Waals surface area contributed by atoms with Crippen LogP contribution < -0.4 is 24.8 Å².